The normalized spacial score (nSPS) is 11.9. The summed E-state index contributed by atoms with van der Waals surface area (Å²) in [5.74, 6) is 0.251. The van der Waals surface area contributed by atoms with Crippen LogP contribution in [0.15, 0.2) is 36.9 Å². The molecule has 0 amide bonds. The zero-order valence-corrected chi connectivity index (χ0v) is 15.6. The van der Waals surface area contributed by atoms with Crippen molar-refractivity contribution in [3.8, 4) is 11.5 Å². The van der Waals surface area contributed by atoms with Gasteiger partial charge in [-0.1, -0.05) is 25.6 Å². The number of benzene rings is 2. The molecule has 0 spiro atoms. The number of carbonyl (C=O) groups is 1. The highest BCUT2D eigenvalue weighted by atomic mass is 16.5. The molecule has 0 radical (unpaired) electrons. The van der Waals surface area contributed by atoms with Crippen LogP contribution in [0.25, 0.3) is 0 Å². The molecular weight excluding hydrogens is 312 g/mol. The van der Waals surface area contributed by atoms with Crippen LogP contribution in [0.5, 0.6) is 11.5 Å². The number of rotatable bonds is 5. The van der Waals surface area contributed by atoms with Crippen LogP contribution in [0.1, 0.15) is 52.6 Å². The van der Waals surface area contributed by atoms with E-state index in [0.29, 0.717) is 5.75 Å². The Morgan fingerprint density at radius 1 is 1.04 bits per heavy atom. The summed E-state index contributed by atoms with van der Waals surface area (Å²) in [6, 6.07) is 7.74. The van der Waals surface area contributed by atoms with Crippen LogP contribution >= 0.6 is 0 Å². The molecule has 0 aliphatic heterocycles. The van der Waals surface area contributed by atoms with Gasteiger partial charge in [0, 0.05) is 23.1 Å². The molecule has 0 aliphatic carbocycles. The summed E-state index contributed by atoms with van der Waals surface area (Å²) >= 11 is 0. The number of ether oxygens (including phenoxy) is 1. The van der Waals surface area contributed by atoms with E-state index in [1.165, 1.54) is 0 Å². The standard InChI is InChI=1S/C22H26O3/c1-7-17(18-9-13(3)15(5)11-20(18)23)19-10-14(4)16(6)12-21(19)25-22(24)8-2/h8-12,17,23H,2,7H2,1,3-6H3. The maximum Gasteiger partial charge on any atom is 0.335 e. The molecule has 0 heterocycles. The van der Waals surface area contributed by atoms with Gasteiger partial charge in [0.2, 0.25) is 0 Å². The maximum absolute atomic E-state index is 11.8. The molecule has 3 nitrogen and oxygen atoms in total. The van der Waals surface area contributed by atoms with E-state index >= 15 is 0 Å². The lowest BCUT2D eigenvalue weighted by atomic mass is 9.85. The summed E-state index contributed by atoms with van der Waals surface area (Å²) in [5, 5.41) is 10.5. The molecule has 1 N–H and O–H groups in total. The largest absolute Gasteiger partial charge is 0.508 e. The lowest BCUT2D eigenvalue weighted by Crippen LogP contribution is -2.10. The van der Waals surface area contributed by atoms with Gasteiger partial charge in [0.25, 0.3) is 0 Å². The van der Waals surface area contributed by atoms with Crippen molar-refractivity contribution in [2.45, 2.75) is 47.0 Å². The topological polar surface area (TPSA) is 46.5 Å². The Labute approximate surface area is 150 Å². The van der Waals surface area contributed by atoms with Gasteiger partial charge in [-0.2, -0.15) is 0 Å². The highest BCUT2D eigenvalue weighted by Crippen LogP contribution is 2.40. The molecule has 0 fully saturated rings. The number of phenolic OH excluding ortho intramolecular Hbond substituents is 1. The van der Waals surface area contributed by atoms with Crippen LogP contribution in [0, 0.1) is 27.7 Å². The van der Waals surface area contributed by atoms with Crippen molar-refractivity contribution in [1.29, 1.82) is 0 Å². The molecule has 0 saturated carbocycles. The fourth-order valence-corrected chi connectivity index (χ4v) is 3.03. The van der Waals surface area contributed by atoms with Crippen LogP contribution in [0.4, 0.5) is 0 Å². The van der Waals surface area contributed by atoms with E-state index in [1.807, 2.05) is 45.9 Å². The van der Waals surface area contributed by atoms with E-state index in [1.54, 1.807) is 6.07 Å². The average molecular weight is 338 g/mol. The summed E-state index contributed by atoms with van der Waals surface area (Å²) in [4.78, 5) is 11.8. The molecule has 2 aromatic rings. The van der Waals surface area contributed by atoms with Gasteiger partial charge < -0.3 is 9.84 Å². The third-order valence-electron chi connectivity index (χ3n) is 4.81. The number of carbonyl (C=O) groups excluding carboxylic acids is 1. The number of esters is 1. The Kier molecular flexibility index (Phi) is 5.68. The van der Waals surface area contributed by atoms with Crippen LogP contribution in [-0.2, 0) is 4.79 Å². The predicted octanol–water partition coefficient (Wildman–Crippen LogP) is 5.26. The molecule has 2 aromatic carbocycles. The van der Waals surface area contributed by atoms with Gasteiger partial charge in [0.15, 0.2) is 0 Å². The van der Waals surface area contributed by atoms with Crippen molar-refractivity contribution >= 4 is 5.97 Å². The van der Waals surface area contributed by atoms with Gasteiger partial charge in [-0.3, -0.25) is 0 Å². The number of aryl methyl sites for hydroxylation is 4. The van der Waals surface area contributed by atoms with Crippen molar-refractivity contribution in [3.05, 3.63) is 70.3 Å². The lowest BCUT2D eigenvalue weighted by molar-refractivity contribution is -0.129. The SMILES string of the molecule is C=CC(=O)Oc1cc(C)c(C)cc1C(CC)c1cc(C)c(C)cc1O. The number of aromatic hydroxyl groups is 1. The Bertz CT molecular complexity index is 819. The minimum absolute atomic E-state index is 0.0637. The van der Waals surface area contributed by atoms with Crippen molar-refractivity contribution in [2.75, 3.05) is 0 Å². The Morgan fingerprint density at radius 3 is 2.12 bits per heavy atom. The molecule has 1 unspecified atom stereocenters. The van der Waals surface area contributed by atoms with Gasteiger partial charge in [0.1, 0.15) is 11.5 Å². The molecule has 0 bridgehead atoms. The molecule has 0 aromatic heterocycles. The molecule has 2 rings (SSSR count). The second-order valence-corrected chi connectivity index (χ2v) is 6.56. The molecule has 132 valence electrons. The number of hydrogen-bond donors (Lipinski definition) is 1. The van der Waals surface area contributed by atoms with Crippen molar-refractivity contribution in [3.63, 3.8) is 0 Å². The van der Waals surface area contributed by atoms with Crippen molar-refractivity contribution in [1.82, 2.24) is 0 Å². The molecule has 25 heavy (non-hydrogen) atoms. The fourth-order valence-electron chi connectivity index (χ4n) is 3.03. The average Bonchev–Trinajstić information content (AvgIpc) is 2.56. The monoisotopic (exact) mass is 338 g/mol. The third kappa shape index (κ3) is 3.93. The lowest BCUT2D eigenvalue weighted by Gasteiger charge is -2.22. The highest BCUT2D eigenvalue weighted by Gasteiger charge is 2.22. The first-order valence-corrected chi connectivity index (χ1v) is 8.54. The van der Waals surface area contributed by atoms with Crippen LogP contribution in [0.2, 0.25) is 0 Å². The second kappa shape index (κ2) is 7.56. The number of hydrogen-bond acceptors (Lipinski definition) is 3. The van der Waals surface area contributed by atoms with Gasteiger partial charge >= 0.3 is 5.97 Å². The smallest absolute Gasteiger partial charge is 0.335 e. The molecule has 1 atom stereocenters. The predicted molar refractivity (Wildman–Crippen MR) is 101 cm³/mol. The van der Waals surface area contributed by atoms with Gasteiger partial charge in [-0.25, -0.2) is 4.79 Å². The Hall–Kier alpha value is -2.55. The van der Waals surface area contributed by atoms with Crippen LogP contribution in [-0.4, -0.2) is 11.1 Å². The van der Waals surface area contributed by atoms with Gasteiger partial charge in [0.05, 0.1) is 0 Å². The summed E-state index contributed by atoms with van der Waals surface area (Å²) < 4.78 is 5.49. The zero-order chi connectivity index (χ0) is 18.7. The maximum atomic E-state index is 11.8. The van der Waals surface area contributed by atoms with Gasteiger partial charge in [-0.05, 0) is 68.5 Å². The minimum atomic E-state index is -0.483. The molecule has 0 aliphatic rings. The first-order chi connectivity index (χ1) is 11.8. The van der Waals surface area contributed by atoms with Gasteiger partial charge in [-0.15, -0.1) is 0 Å². The quantitative estimate of drug-likeness (QED) is 0.459. The summed E-state index contributed by atoms with van der Waals surface area (Å²) in [6.45, 7) is 13.6. The zero-order valence-electron chi connectivity index (χ0n) is 15.6. The second-order valence-electron chi connectivity index (χ2n) is 6.56. The Morgan fingerprint density at radius 2 is 1.56 bits per heavy atom. The van der Waals surface area contributed by atoms with E-state index in [2.05, 4.69) is 13.5 Å². The molecular formula is C22H26O3. The van der Waals surface area contributed by atoms with Crippen LogP contribution < -0.4 is 4.74 Å². The summed E-state index contributed by atoms with van der Waals surface area (Å²) in [6.07, 6.45) is 1.94. The fraction of sp³-hybridized carbons (Fsp3) is 0.318. The molecule has 0 saturated heterocycles. The van der Waals surface area contributed by atoms with Crippen molar-refractivity contribution in [2.24, 2.45) is 0 Å². The van der Waals surface area contributed by atoms with E-state index < -0.39 is 5.97 Å². The first-order valence-electron chi connectivity index (χ1n) is 8.54. The van der Waals surface area contributed by atoms with Crippen LogP contribution in [0.3, 0.4) is 0 Å². The first kappa shape index (κ1) is 18.8. The third-order valence-corrected chi connectivity index (χ3v) is 4.81. The van der Waals surface area contributed by atoms with E-state index in [9.17, 15) is 9.90 Å². The summed E-state index contributed by atoms with van der Waals surface area (Å²) in [7, 11) is 0. The van der Waals surface area contributed by atoms with E-state index in [4.69, 9.17) is 4.74 Å². The van der Waals surface area contributed by atoms with Crippen molar-refractivity contribution < 1.29 is 14.6 Å². The molecule has 3 heteroatoms. The van der Waals surface area contributed by atoms with E-state index in [0.717, 1.165) is 45.9 Å². The minimum Gasteiger partial charge on any atom is -0.508 e. The Balaban J connectivity index is 2.64. The summed E-state index contributed by atoms with van der Waals surface area (Å²) in [5.41, 5.74) is 6.10. The number of phenols is 1. The highest BCUT2D eigenvalue weighted by molar-refractivity contribution is 5.83. The van der Waals surface area contributed by atoms with E-state index in [-0.39, 0.29) is 11.7 Å².